The minimum absolute atomic E-state index is 0.316. The van der Waals surface area contributed by atoms with Gasteiger partial charge in [0.05, 0.1) is 6.61 Å². The van der Waals surface area contributed by atoms with Crippen LogP contribution in [0.5, 0.6) is 5.75 Å². The van der Waals surface area contributed by atoms with E-state index in [4.69, 9.17) is 9.47 Å². The Morgan fingerprint density at radius 1 is 1.13 bits per heavy atom. The Bertz CT molecular complexity index is 475. The van der Waals surface area contributed by atoms with Crippen molar-refractivity contribution in [3.05, 3.63) is 42.5 Å². The number of fused-ring (bicyclic) bond motifs is 1. The third-order valence-corrected chi connectivity index (χ3v) is 2.56. The highest BCUT2D eigenvalue weighted by Gasteiger charge is 2.22. The van der Waals surface area contributed by atoms with Gasteiger partial charge in [0.25, 0.3) is 0 Å². The minimum Gasteiger partial charge on any atom is -0.491 e. The molecule has 2 heteroatoms. The van der Waals surface area contributed by atoms with Crippen molar-refractivity contribution in [2.24, 2.45) is 0 Å². The van der Waals surface area contributed by atoms with Gasteiger partial charge in [0.2, 0.25) is 0 Å². The maximum Gasteiger partial charge on any atom is 0.120 e. The first-order valence-corrected chi connectivity index (χ1v) is 5.15. The first-order valence-electron chi connectivity index (χ1n) is 5.15. The zero-order valence-electron chi connectivity index (χ0n) is 8.35. The molecule has 0 aliphatic carbocycles. The van der Waals surface area contributed by atoms with Crippen molar-refractivity contribution in [1.82, 2.24) is 0 Å². The van der Waals surface area contributed by atoms with E-state index < -0.39 is 0 Å². The van der Waals surface area contributed by atoms with Crippen molar-refractivity contribution in [1.29, 1.82) is 0 Å². The summed E-state index contributed by atoms with van der Waals surface area (Å²) in [4.78, 5) is 0. The summed E-state index contributed by atoms with van der Waals surface area (Å²) in [7, 11) is 0. The van der Waals surface area contributed by atoms with Crippen molar-refractivity contribution in [3.63, 3.8) is 0 Å². The molecule has 1 fully saturated rings. The normalized spacial score (nSPS) is 19.1. The molecular weight excluding hydrogens is 188 g/mol. The first-order chi connectivity index (χ1) is 7.42. The lowest BCUT2D eigenvalue weighted by Crippen LogP contribution is -2.03. The van der Waals surface area contributed by atoms with Gasteiger partial charge in [0.15, 0.2) is 0 Å². The molecule has 1 atom stereocenters. The molecule has 0 bridgehead atoms. The average Bonchev–Trinajstić information content (AvgIpc) is 3.10. The van der Waals surface area contributed by atoms with Crippen LogP contribution in [0.1, 0.15) is 0 Å². The second-order valence-electron chi connectivity index (χ2n) is 3.78. The van der Waals surface area contributed by atoms with Gasteiger partial charge in [-0.2, -0.15) is 0 Å². The summed E-state index contributed by atoms with van der Waals surface area (Å²) in [6, 6.07) is 14.4. The Balaban J connectivity index is 1.84. The van der Waals surface area contributed by atoms with Crippen LogP contribution in [0.4, 0.5) is 0 Å². The molecule has 1 aliphatic heterocycles. The summed E-state index contributed by atoms with van der Waals surface area (Å²) in [5.74, 6) is 0.921. The maximum atomic E-state index is 5.61. The Morgan fingerprint density at radius 2 is 1.93 bits per heavy atom. The van der Waals surface area contributed by atoms with Gasteiger partial charge in [-0.15, -0.1) is 0 Å². The van der Waals surface area contributed by atoms with Gasteiger partial charge < -0.3 is 9.47 Å². The van der Waals surface area contributed by atoms with Gasteiger partial charge in [-0.3, -0.25) is 0 Å². The predicted octanol–water partition coefficient (Wildman–Crippen LogP) is 2.62. The smallest absolute Gasteiger partial charge is 0.120 e. The Kier molecular flexibility index (Phi) is 2.07. The van der Waals surface area contributed by atoms with E-state index in [2.05, 4.69) is 24.3 Å². The van der Waals surface area contributed by atoms with Crippen LogP contribution >= 0.6 is 0 Å². The second-order valence-corrected chi connectivity index (χ2v) is 3.78. The van der Waals surface area contributed by atoms with Crippen LogP contribution in [0, 0.1) is 0 Å². The molecule has 0 unspecified atom stereocenters. The van der Waals surface area contributed by atoms with Crippen molar-refractivity contribution in [2.75, 3.05) is 13.2 Å². The summed E-state index contributed by atoms with van der Waals surface area (Å²) < 4.78 is 10.7. The van der Waals surface area contributed by atoms with Crippen LogP contribution in [0.15, 0.2) is 42.5 Å². The molecule has 1 heterocycles. The molecular formula is C13H12O2. The van der Waals surface area contributed by atoms with E-state index in [1.54, 1.807) is 0 Å². The van der Waals surface area contributed by atoms with Crippen LogP contribution in [0.25, 0.3) is 10.8 Å². The zero-order chi connectivity index (χ0) is 10.1. The fourth-order valence-electron chi connectivity index (χ4n) is 1.61. The minimum atomic E-state index is 0.316. The Labute approximate surface area is 88.4 Å². The molecule has 3 rings (SSSR count). The standard InChI is InChI=1S/C13H12O2/c1-2-4-11-7-12(6-5-10(11)3-1)14-8-13-9-15-13/h1-7,13H,8-9H2/t13-/m0/s1. The second kappa shape index (κ2) is 3.55. The van der Waals surface area contributed by atoms with Crippen LogP contribution < -0.4 is 4.74 Å². The summed E-state index contributed by atoms with van der Waals surface area (Å²) in [6.45, 7) is 1.51. The maximum absolute atomic E-state index is 5.61. The van der Waals surface area contributed by atoms with Gasteiger partial charge >= 0.3 is 0 Å². The van der Waals surface area contributed by atoms with Crippen molar-refractivity contribution < 1.29 is 9.47 Å². The van der Waals surface area contributed by atoms with E-state index in [0.717, 1.165) is 12.4 Å². The third-order valence-electron chi connectivity index (χ3n) is 2.56. The summed E-state index contributed by atoms with van der Waals surface area (Å²) in [6.07, 6.45) is 0.316. The van der Waals surface area contributed by atoms with Crippen molar-refractivity contribution >= 4 is 10.8 Å². The van der Waals surface area contributed by atoms with Crippen LogP contribution in [-0.2, 0) is 4.74 Å². The van der Waals surface area contributed by atoms with E-state index in [9.17, 15) is 0 Å². The first kappa shape index (κ1) is 8.74. The third kappa shape index (κ3) is 1.95. The molecule has 2 aromatic carbocycles. The lowest BCUT2D eigenvalue weighted by atomic mass is 10.1. The monoisotopic (exact) mass is 200 g/mol. The highest BCUT2D eigenvalue weighted by Crippen LogP contribution is 2.21. The quantitative estimate of drug-likeness (QED) is 0.710. The molecule has 0 saturated carbocycles. The van der Waals surface area contributed by atoms with Gasteiger partial charge in [-0.25, -0.2) is 0 Å². The topological polar surface area (TPSA) is 21.8 Å². The molecule has 76 valence electrons. The highest BCUT2D eigenvalue weighted by molar-refractivity contribution is 5.83. The lowest BCUT2D eigenvalue weighted by Gasteiger charge is -2.05. The van der Waals surface area contributed by atoms with E-state index >= 15 is 0 Å². The van der Waals surface area contributed by atoms with E-state index in [0.29, 0.717) is 12.7 Å². The zero-order valence-corrected chi connectivity index (χ0v) is 8.35. The largest absolute Gasteiger partial charge is 0.491 e. The molecule has 2 aromatic rings. The summed E-state index contributed by atoms with van der Waals surface area (Å²) in [5.41, 5.74) is 0. The molecule has 0 aromatic heterocycles. The van der Waals surface area contributed by atoms with E-state index in [1.165, 1.54) is 10.8 Å². The average molecular weight is 200 g/mol. The van der Waals surface area contributed by atoms with Gasteiger partial charge in [-0.1, -0.05) is 30.3 Å². The molecule has 0 radical (unpaired) electrons. The van der Waals surface area contributed by atoms with E-state index in [-0.39, 0.29) is 0 Å². The molecule has 1 saturated heterocycles. The van der Waals surface area contributed by atoms with Gasteiger partial charge in [0.1, 0.15) is 18.5 Å². The molecule has 0 N–H and O–H groups in total. The highest BCUT2D eigenvalue weighted by atomic mass is 16.6. The fraction of sp³-hybridized carbons (Fsp3) is 0.231. The molecule has 0 amide bonds. The molecule has 15 heavy (non-hydrogen) atoms. The van der Waals surface area contributed by atoms with Crippen molar-refractivity contribution in [3.8, 4) is 5.75 Å². The lowest BCUT2D eigenvalue weighted by molar-refractivity contribution is 0.263. The predicted molar refractivity (Wildman–Crippen MR) is 59.2 cm³/mol. The van der Waals surface area contributed by atoms with Gasteiger partial charge in [0, 0.05) is 0 Å². The number of hydrogen-bond acceptors (Lipinski definition) is 2. The number of epoxide rings is 1. The number of hydrogen-bond donors (Lipinski definition) is 0. The fourth-order valence-corrected chi connectivity index (χ4v) is 1.61. The number of rotatable bonds is 3. The van der Waals surface area contributed by atoms with E-state index in [1.807, 2.05) is 18.2 Å². The van der Waals surface area contributed by atoms with Crippen LogP contribution in [-0.4, -0.2) is 19.3 Å². The summed E-state index contributed by atoms with van der Waals surface area (Å²) in [5, 5.41) is 2.46. The van der Waals surface area contributed by atoms with Crippen molar-refractivity contribution in [2.45, 2.75) is 6.10 Å². The molecule has 2 nitrogen and oxygen atoms in total. The molecule has 0 spiro atoms. The Hall–Kier alpha value is -1.54. The van der Waals surface area contributed by atoms with Gasteiger partial charge in [-0.05, 0) is 22.9 Å². The summed E-state index contributed by atoms with van der Waals surface area (Å²) >= 11 is 0. The Morgan fingerprint density at radius 3 is 2.73 bits per heavy atom. The van der Waals surface area contributed by atoms with Crippen LogP contribution in [0.2, 0.25) is 0 Å². The number of benzene rings is 2. The SMILES string of the molecule is c1ccc2cc(OC[C@H]3CO3)ccc2c1. The molecule has 1 aliphatic rings. The van der Waals surface area contributed by atoms with Crippen LogP contribution in [0.3, 0.4) is 0 Å². The number of ether oxygens (including phenoxy) is 2.